The van der Waals surface area contributed by atoms with E-state index >= 15 is 0 Å². The molecule has 1 aliphatic carbocycles. The molecule has 1 aliphatic rings. The Bertz CT molecular complexity index is 1310. The van der Waals surface area contributed by atoms with Gasteiger partial charge in [0.25, 0.3) is 11.7 Å². The van der Waals surface area contributed by atoms with Crippen LogP contribution in [0.4, 0.5) is 5.69 Å². The standard InChI is InChI=1S/C25H25N5OS/c1-16-14-17(2)30-24(26-16)28-25(29-30)32-15-19-9-4-6-12-21(19)23(31)27-22-13-7-10-18-8-3-5-11-20(18)22/h4,6-7,9-10,12-14H,3,5,8,11,15H2,1-2H3,(H,27,31). The van der Waals surface area contributed by atoms with Crippen molar-refractivity contribution in [2.75, 3.05) is 5.32 Å². The van der Waals surface area contributed by atoms with Gasteiger partial charge in [-0.15, -0.1) is 5.10 Å². The predicted octanol–water partition coefficient (Wildman–Crippen LogP) is 5.16. The highest BCUT2D eigenvalue weighted by Crippen LogP contribution is 2.29. The third-order valence-electron chi connectivity index (χ3n) is 5.86. The molecule has 7 heteroatoms. The summed E-state index contributed by atoms with van der Waals surface area (Å²) >= 11 is 1.51. The van der Waals surface area contributed by atoms with Crippen molar-refractivity contribution in [2.24, 2.45) is 0 Å². The minimum absolute atomic E-state index is 0.0729. The van der Waals surface area contributed by atoms with Crippen LogP contribution >= 0.6 is 11.8 Å². The lowest BCUT2D eigenvalue weighted by molar-refractivity contribution is 0.102. The fraction of sp³-hybridized carbons (Fsp3) is 0.280. The van der Waals surface area contributed by atoms with Crippen molar-refractivity contribution in [1.82, 2.24) is 19.6 Å². The SMILES string of the molecule is Cc1cc(C)n2nc(SCc3ccccc3C(=O)Nc3cccc4c3CCCC4)nc2n1. The Morgan fingerprint density at radius 1 is 1.06 bits per heavy atom. The molecule has 0 unspecified atom stereocenters. The number of hydrogen-bond donors (Lipinski definition) is 1. The monoisotopic (exact) mass is 443 g/mol. The molecule has 0 fully saturated rings. The zero-order valence-corrected chi connectivity index (χ0v) is 19.1. The fourth-order valence-electron chi connectivity index (χ4n) is 4.31. The van der Waals surface area contributed by atoms with Crippen LogP contribution in [-0.2, 0) is 18.6 Å². The highest BCUT2D eigenvalue weighted by molar-refractivity contribution is 7.98. The first kappa shape index (κ1) is 20.7. The third-order valence-corrected chi connectivity index (χ3v) is 6.75. The molecule has 2 aromatic heterocycles. The van der Waals surface area contributed by atoms with E-state index in [1.165, 1.54) is 35.7 Å². The molecule has 1 N–H and O–H groups in total. The quantitative estimate of drug-likeness (QED) is 0.431. The molecule has 0 atom stereocenters. The van der Waals surface area contributed by atoms with E-state index in [2.05, 4.69) is 26.4 Å². The van der Waals surface area contributed by atoms with Crippen LogP contribution < -0.4 is 5.32 Å². The Balaban J connectivity index is 1.35. The largest absolute Gasteiger partial charge is 0.322 e. The molecule has 0 radical (unpaired) electrons. The van der Waals surface area contributed by atoms with Gasteiger partial charge in [0.1, 0.15) is 0 Å². The molecule has 2 aromatic carbocycles. The summed E-state index contributed by atoms with van der Waals surface area (Å²) in [6.45, 7) is 3.94. The Kier molecular flexibility index (Phi) is 5.66. The van der Waals surface area contributed by atoms with Crippen LogP contribution in [0.3, 0.4) is 0 Å². The smallest absolute Gasteiger partial charge is 0.255 e. The number of nitrogens with zero attached hydrogens (tertiary/aromatic N) is 4. The van der Waals surface area contributed by atoms with Gasteiger partial charge in [-0.2, -0.15) is 4.98 Å². The summed E-state index contributed by atoms with van der Waals surface area (Å²) in [4.78, 5) is 22.2. The minimum Gasteiger partial charge on any atom is -0.322 e. The van der Waals surface area contributed by atoms with Crippen molar-refractivity contribution in [1.29, 1.82) is 0 Å². The molecular formula is C25H25N5OS. The van der Waals surface area contributed by atoms with Crippen molar-refractivity contribution >= 4 is 29.1 Å². The van der Waals surface area contributed by atoms with E-state index in [1.54, 1.807) is 4.52 Å². The van der Waals surface area contributed by atoms with Crippen molar-refractivity contribution in [3.63, 3.8) is 0 Å². The number of aromatic nitrogens is 4. The van der Waals surface area contributed by atoms with Gasteiger partial charge < -0.3 is 5.32 Å². The third kappa shape index (κ3) is 4.12. The number of carbonyl (C=O) groups excluding carboxylic acids is 1. The van der Waals surface area contributed by atoms with Crippen LogP contribution in [0, 0.1) is 13.8 Å². The van der Waals surface area contributed by atoms with Crippen molar-refractivity contribution < 1.29 is 4.79 Å². The lowest BCUT2D eigenvalue weighted by atomic mass is 9.90. The van der Waals surface area contributed by atoms with Crippen LogP contribution in [0.25, 0.3) is 5.78 Å². The number of hydrogen-bond acceptors (Lipinski definition) is 5. The Hall–Kier alpha value is -3.19. The molecule has 4 aromatic rings. The van der Waals surface area contributed by atoms with Gasteiger partial charge >= 0.3 is 0 Å². The summed E-state index contributed by atoms with van der Waals surface area (Å²) in [5, 5.41) is 8.38. The summed E-state index contributed by atoms with van der Waals surface area (Å²) in [7, 11) is 0. The number of anilines is 1. The Labute approximate surface area is 191 Å². The number of benzene rings is 2. The summed E-state index contributed by atoms with van der Waals surface area (Å²) in [6, 6.07) is 15.9. The second-order valence-corrected chi connectivity index (χ2v) is 9.14. The maximum atomic E-state index is 13.2. The molecule has 6 nitrogen and oxygen atoms in total. The molecule has 0 aliphatic heterocycles. The van der Waals surface area contributed by atoms with Gasteiger partial charge in [0.2, 0.25) is 5.16 Å². The lowest BCUT2D eigenvalue weighted by Crippen LogP contribution is -2.16. The maximum absolute atomic E-state index is 13.2. The normalized spacial score (nSPS) is 13.2. The second kappa shape index (κ2) is 8.74. The van der Waals surface area contributed by atoms with Gasteiger partial charge in [-0.05, 0) is 74.4 Å². The number of aryl methyl sites for hydroxylation is 3. The van der Waals surface area contributed by atoms with Crippen LogP contribution in [-0.4, -0.2) is 25.5 Å². The minimum atomic E-state index is -0.0729. The molecule has 5 rings (SSSR count). The first-order valence-electron chi connectivity index (χ1n) is 10.9. The average molecular weight is 444 g/mol. The zero-order chi connectivity index (χ0) is 22.1. The predicted molar refractivity (Wildman–Crippen MR) is 127 cm³/mol. The van der Waals surface area contributed by atoms with Crippen LogP contribution in [0.1, 0.15) is 51.3 Å². The summed E-state index contributed by atoms with van der Waals surface area (Å²) in [5.74, 6) is 1.13. The molecule has 0 saturated carbocycles. The molecule has 32 heavy (non-hydrogen) atoms. The number of rotatable bonds is 5. The Morgan fingerprint density at radius 3 is 2.81 bits per heavy atom. The van der Waals surface area contributed by atoms with E-state index < -0.39 is 0 Å². The summed E-state index contributed by atoms with van der Waals surface area (Å²) < 4.78 is 1.76. The maximum Gasteiger partial charge on any atom is 0.255 e. The lowest BCUT2D eigenvalue weighted by Gasteiger charge is -2.20. The van der Waals surface area contributed by atoms with Crippen LogP contribution in [0.5, 0.6) is 0 Å². The van der Waals surface area contributed by atoms with Crippen molar-refractivity contribution in [2.45, 2.75) is 50.4 Å². The second-order valence-electron chi connectivity index (χ2n) is 8.20. The van der Waals surface area contributed by atoms with E-state index in [1.807, 2.05) is 56.3 Å². The summed E-state index contributed by atoms with van der Waals surface area (Å²) in [6.07, 6.45) is 4.51. The van der Waals surface area contributed by atoms with Gasteiger partial charge in [0, 0.05) is 28.4 Å². The molecule has 0 spiro atoms. The fourth-order valence-corrected chi connectivity index (χ4v) is 5.13. The van der Waals surface area contributed by atoms with Gasteiger partial charge in [-0.1, -0.05) is 42.1 Å². The van der Waals surface area contributed by atoms with Crippen LogP contribution in [0.15, 0.2) is 53.7 Å². The molecule has 0 bridgehead atoms. The highest BCUT2D eigenvalue weighted by Gasteiger charge is 2.17. The number of carbonyl (C=O) groups is 1. The molecule has 2 heterocycles. The number of nitrogens with one attached hydrogen (secondary N) is 1. The van der Waals surface area contributed by atoms with Gasteiger partial charge in [0.05, 0.1) is 0 Å². The van der Waals surface area contributed by atoms with E-state index in [0.29, 0.717) is 22.3 Å². The van der Waals surface area contributed by atoms with E-state index in [0.717, 1.165) is 35.5 Å². The zero-order valence-electron chi connectivity index (χ0n) is 18.3. The average Bonchev–Trinajstić information content (AvgIpc) is 3.21. The van der Waals surface area contributed by atoms with Crippen molar-refractivity contribution in [3.8, 4) is 0 Å². The van der Waals surface area contributed by atoms with E-state index in [9.17, 15) is 4.79 Å². The van der Waals surface area contributed by atoms with Crippen LogP contribution in [0.2, 0.25) is 0 Å². The number of amides is 1. The molecule has 162 valence electrons. The molecule has 1 amide bonds. The highest BCUT2D eigenvalue weighted by atomic mass is 32.2. The number of fused-ring (bicyclic) bond motifs is 2. The molecular weight excluding hydrogens is 418 g/mol. The summed E-state index contributed by atoms with van der Waals surface area (Å²) in [5.41, 5.74) is 7.14. The van der Waals surface area contributed by atoms with Crippen molar-refractivity contribution in [3.05, 3.63) is 82.2 Å². The van der Waals surface area contributed by atoms with Gasteiger partial charge in [-0.3, -0.25) is 4.79 Å². The Morgan fingerprint density at radius 2 is 1.91 bits per heavy atom. The van der Waals surface area contributed by atoms with Gasteiger partial charge in [0.15, 0.2) is 0 Å². The first-order valence-corrected chi connectivity index (χ1v) is 11.9. The first-order chi connectivity index (χ1) is 15.6. The topological polar surface area (TPSA) is 72.2 Å². The number of thioether (sulfide) groups is 1. The van der Waals surface area contributed by atoms with E-state index in [-0.39, 0.29) is 5.91 Å². The van der Waals surface area contributed by atoms with E-state index in [4.69, 9.17) is 0 Å². The molecule has 0 saturated heterocycles. The van der Waals surface area contributed by atoms with Gasteiger partial charge in [-0.25, -0.2) is 9.50 Å².